The molecule has 1 unspecified atom stereocenters. The highest BCUT2D eigenvalue weighted by Gasteiger charge is 2.46. The Kier molecular flexibility index (Phi) is 4.90. The average molecular weight is 376 g/mol. The van der Waals surface area contributed by atoms with E-state index < -0.39 is 17.8 Å². The van der Waals surface area contributed by atoms with Crippen LogP contribution in [0, 0.1) is 17.7 Å². The SMILES string of the molecule is CC1=NC2=CCCC(=O)[C@@H]2[C@@H](c2ccc(F)cc2)C1C(=O)Nc1ccccc1. The molecule has 142 valence electrons. The molecule has 0 bridgehead atoms. The topological polar surface area (TPSA) is 58.5 Å². The molecule has 4 rings (SSSR count). The van der Waals surface area contributed by atoms with E-state index in [9.17, 15) is 14.0 Å². The Labute approximate surface area is 163 Å². The summed E-state index contributed by atoms with van der Waals surface area (Å²) in [6.07, 6.45) is 3.09. The van der Waals surface area contributed by atoms with E-state index in [0.717, 1.165) is 11.3 Å². The van der Waals surface area contributed by atoms with Crippen LogP contribution in [-0.4, -0.2) is 17.4 Å². The van der Waals surface area contributed by atoms with Gasteiger partial charge in [-0.25, -0.2) is 4.39 Å². The first kappa shape index (κ1) is 18.3. The molecule has 0 saturated heterocycles. The maximum absolute atomic E-state index is 13.5. The Hall–Kier alpha value is -3.08. The summed E-state index contributed by atoms with van der Waals surface area (Å²) in [6.45, 7) is 1.82. The summed E-state index contributed by atoms with van der Waals surface area (Å²) in [7, 11) is 0. The highest BCUT2D eigenvalue weighted by molar-refractivity contribution is 6.11. The number of allylic oxidation sites excluding steroid dienone is 2. The molecule has 1 aliphatic carbocycles. The molecule has 28 heavy (non-hydrogen) atoms. The van der Waals surface area contributed by atoms with E-state index in [0.29, 0.717) is 24.2 Å². The number of para-hydroxylation sites is 1. The Morgan fingerprint density at radius 1 is 1.11 bits per heavy atom. The van der Waals surface area contributed by atoms with Crippen LogP contribution < -0.4 is 5.32 Å². The van der Waals surface area contributed by atoms with Crippen molar-refractivity contribution in [3.8, 4) is 0 Å². The third-order valence-electron chi connectivity index (χ3n) is 5.46. The lowest BCUT2D eigenvalue weighted by Gasteiger charge is -2.38. The van der Waals surface area contributed by atoms with Gasteiger partial charge >= 0.3 is 0 Å². The zero-order chi connectivity index (χ0) is 19.7. The molecule has 2 aromatic rings. The second-order valence-electron chi connectivity index (χ2n) is 7.28. The summed E-state index contributed by atoms with van der Waals surface area (Å²) in [4.78, 5) is 30.6. The zero-order valence-electron chi connectivity index (χ0n) is 15.6. The Balaban J connectivity index is 1.78. The molecular weight excluding hydrogens is 355 g/mol. The largest absolute Gasteiger partial charge is 0.326 e. The van der Waals surface area contributed by atoms with E-state index in [4.69, 9.17) is 0 Å². The van der Waals surface area contributed by atoms with Crippen molar-refractivity contribution in [3.05, 3.63) is 77.8 Å². The number of carbonyl (C=O) groups is 2. The fraction of sp³-hybridized carbons (Fsp3) is 0.261. The summed E-state index contributed by atoms with van der Waals surface area (Å²) < 4.78 is 13.5. The quantitative estimate of drug-likeness (QED) is 0.857. The van der Waals surface area contributed by atoms with Crippen LogP contribution in [0.5, 0.6) is 0 Å². The van der Waals surface area contributed by atoms with Crippen molar-refractivity contribution in [2.45, 2.75) is 25.7 Å². The molecule has 0 fully saturated rings. The van der Waals surface area contributed by atoms with Crippen LogP contribution in [0.15, 0.2) is 71.4 Å². The maximum Gasteiger partial charge on any atom is 0.233 e. The van der Waals surface area contributed by atoms with Gasteiger partial charge < -0.3 is 5.32 Å². The lowest BCUT2D eigenvalue weighted by atomic mass is 9.67. The minimum atomic E-state index is -0.602. The number of hydrogen-bond acceptors (Lipinski definition) is 3. The number of rotatable bonds is 3. The Bertz CT molecular complexity index is 964. The van der Waals surface area contributed by atoms with Gasteiger partial charge in [0, 0.05) is 29.4 Å². The fourth-order valence-corrected chi connectivity index (χ4v) is 4.20. The van der Waals surface area contributed by atoms with Crippen LogP contribution in [0.3, 0.4) is 0 Å². The van der Waals surface area contributed by atoms with Crippen LogP contribution >= 0.6 is 0 Å². The van der Waals surface area contributed by atoms with E-state index in [1.54, 1.807) is 12.1 Å². The molecule has 1 aliphatic heterocycles. The molecule has 0 saturated carbocycles. The predicted molar refractivity (Wildman–Crippen MR) is 107 cm³/mol. The van der Waals surface area contributed by atoms with Crippen molar-refractivity contribution >= 4 is 23.1 Å². The Morgan fingerprint density at radius 3 is 2.54 bits per heavy atom. The second-order valence-corrected chi connectivity index (χ2v) is 7.28. The second kappa shape index (κ2) is 7.50. The van der Waals surface area contributed by atoms with Gasteiger partial charge in [0.05, 0.1) is 11.8 Å². The number of halogens is 1. The van der Waals surface area contributed by atoms with E-state index >= 15 is 0 Å². The summed E-state index contributed by atoms with van der Waals surface area (Å²) in [5, 5.41) is 2.94. The van der Waals surface area contributed by atoms with Crippen LogP contribution in [-0.2, 0) is 9.59 Å². The number of hydrogen-bond donors (Lipinski definition) is 1. The highest BCUT2D eigenvalue weighted by Crippen LogP contribution is 2.45. The number of benzene rings is 2. The van der Waals surface area contributed by atoms with Crippen molar-refractivity contribution in [3.63, 3.8) is 0 Å². The van der Waals surface area contributed by atoms with Crippen molar-refractivity contribution in [1.82, 2.24) is 0 Å². The molecule has 1 N–H and O–H groups in total. The highest BCUT2D eigenvalue weighted by atomic mass is 19.1. The van der Waals surface area contributed by atoms with Crippen LogP contribution in [0.2, 0.25) is 0 Å². The molecule has 2 aliphatic rings. The number of ketones is 1. The number of fused-ring (bicyclic) bond motifs is 1. The number of nitrogens with zero attached hydrogens (tertiary/aromatic N) is 1. The lowest BCUT2D eigenvalue weighted by Crippen LogP contribution is -2.43. The van der Waals surface area contributed by atoms with Crippen molar-refractivity contribution in [1.29, 1.82) is 0 Å². The molecule has 1 amide bonds. The molecule has 3 atom stereocenters. The molecular formula is C23H21FN2O2. The van der Waals surface area contributed by atoms with Crippen LogP contribution in [0.4, 0.5) is 10.1 Å². The molecule has 5 heteroatoms. The van der Waals surface area contributed by atoms with Gasteiger partial charge in [-0.2, -0.15) is 0 Å². The van der Waals surface area contributed by atoms with Gasteiger partial charge in [-0.1, -0.05) is 36.4 Å². The predicted octanol–water partition coefficient (Wildman–Crippen LogP) is 4.50. The van der Waals surface area contributed by atoms with E-state index in [-0.39, 0.29) is 17.5 Å². The van der Waals surface area contributed by atoms with Gasteiger partial charge in [0.2, 0.25) is 5.91 Å². The van der Waals surface area contributed by atoms with Crippen molar-refractivity contribution in [2.24, 2.45) is 16.8 Å². The zero-order valence-corrected chi connectivity index (χ0v) is 15.6. The number of carbonyl (C=O) groups excluding carboxylic acids is 2. The maximum atomic E-state index is 13.5. The molecule has 0 aromatic heterocycles. The minimum absolute atomic E-state index is 0.0839. The average Bonchev–Trinajstić information content (AvgIpc) is 2.68. The summed E-state index contributed by atoms with van der Waals surface area (Å²) in [5.74, 6) is -1.95. The van der Waals surface area contributed by atoms with Gasteiger partial charge in [0.25, 0.3) is 0 Å². The van der Waals surface area contributed by atoms with E-state index in [1.165, 1.54) is 12.1 Å². The fourth-order valence-electron chi connectivity index (χ4n) is 4.20. The van der Waals surface area contributed by atoms with Gasteiger partial charge in [0.15, 0.2) is 0 Å². The normalized spacial score (nSPS) is 24.1. The monoisotopic (exact) mass is 376 g/mol. The molecule has 1 heterocycles. The third-order valence-corrected chi connectivity index (χ3v) is 5.46. The first-order valence-electron chi connectivity index (χ1n) is 9.44. The van der Waals surface area contributed by atoms with Crippen molar-refractivity contribution < 1.29 is 14.0 Å². The van der Waals surface area contributed by atoms with Crippen molar-refractivity contribution in [2.75, 3.05) is 5.32 Å². The first-order chi connectivity index (χ1) is 13.5. The number of aliphatic imine (C=N–C) groups is 1. The third kappa shape index (κ3) is 3.40. The van der Waals surface area contributed by atoms with E-state index in [2.05, 4.69) is 10.3 Å². The van der Waals surface area contributed by atoms with Crippen LogP contribution in [0.25, 0.3) is 0 Å². The first-order valence-corrected chi connectivity index (χ1v) is 9.44. The van der Waals surface area contributed by atoms with E-state index in [1.807, 2.05) is 43.3 Å². The number of amides is 1. The number of Topliss-reactive ketones (excluding diaryl/α,β-unsaturated/α-hetero) is 1. The van der Waals surface area contributed by atoms with Gasteiger partial charge in [-0.15, -0.1) is 0 Å². The van der Waals surface area contributed by atoms with Gasteiger partial charge in [-0.3, -0.25) is 14.6 Å². The van der Waals surface area contributed by atoms with Gasteiger partial charge in [-0.05, 0) is 43.2 Å². The number of anilines is 1. The molecule has 0 radical (unpaired) electrons. The molecule has 0 spiro atoms. The van der Waals surface area contributed by atoms with Crippen LogP contribution in [0.1, 0.15) is 31.2 Å². The minimum Gasteiger partial charge on any atom is -0.326 e. The molecule has 4 nitrogen and oxygen atoms in total. The lowest BCUT2D eigenvalue weighted by molar-refractivity contribution is -0.124. The number of nitrogens with one attached hydrogen (secondary N) is 1. The standard InChI is InChI=1S/C23H21FN2O2/c1-14-20(23(28)26-17-6-3-2-4-7-17)21(15-10-12-16(24)13-11-15)22-18(25-14)8-5-9-19(22)27/h2-4,6-8,10-13,20-22H,5,9H2,1H3,(H,26,28)/t20?,21-,22+/m0/s1. The Morgan fingerprint density at radius 2 is 1.82 bits per heavy atom. The summed E-state index contributed by atoms with van der Waals surface area (Å²) in [6, 6.07) is 15.3. The summed E-state index contributed by atoms with van der Waals surface area (Å²) >= 11 is 0. The van der Waals surface area contributed by atoms with Gasteiger partial charge in [0.1, 0.15) is 11.6 Å². The summed E-state index contributed by atoms with van der Waals surface area (Å²) in [5.41, 5.74) is 2.86. The smallest absolute Gasteiger partial charge is 0.233 e. The molecule has 2 aromatic carbocycles.